The first-order valence-corrected chi connectivity index (χ1v) is 42.2. The van der Waals surface area contributed by atoms with E-state index in [-0.39, 0.29) is 19.8 Å². The largest absolute Gasteiger partial charge is 0.464 e. The smallest absolute Gasteiger partial charge is 0.339 e. The molecule has 0 aliphatic heterocycles. The quantitative estimate of drug-likeness (QED) is 0.0468. The molecule has 0 radical (unpaired) electrons. The number of fused-ring (bicyclic) bond motifs is 6. The number of carbonyl (C=O) groups excluding carboxylic acids is 3. The fraction of sp³-hybridized carbons (Fsp3) is 0.286. The molecular weight excluding hydrogens is 1760 g/mol. The zero-order chi connectivity index (χ0) is 81.8. The SMILES string of the molecule is Brc1ccn2nccc2n1.CCOC(=O)[C@@H](OC(C)(C)C)c1c(C)cc2nc(-c3ccn4ncc(Br)c4n3)sc2c1-c1ccc(Cl)cc1.CCOC(=O)[C@@H](OC(C)(C)C)c1c(C)cc2nc(-c3ccn4nccc4n3)sc2c1-c1ccc(Cl)cc1.CCOC(=O)[C@@H](OC(C)(C)C)c1c(C)cc2nc(Br)sc2c1-c1ccc(Cl)cc1. The molecule has 0 saturated heterocycles. The van der Waals surface area contributed by atoms with Crippen molar-refractivity contribution in [2.75, 3.05) is 19.8 Å². The number of hydrogen-bond acceptors (Lipinski definition) is 21. The number of aromatic nitrogens is 12. The summed E-state index contributed by atoms with van der Waals surface area (Å²) in [6.45, 7) is 29.4. The monoisotopic (exact) mass is 1840 g/mol. The predicted molar refractivity (Wildman–Crippen MR) is 465 cm³/mol. The third-order valence-corrected chi connectivity index (χ3v) is 22.6. The molecule has 15 aromatic rings. The Morgan fingerprint density at radius 3 is 1.17 bits per heavy atom. The number of benzene rings is 6. The Labute approximate surface area is 711 Å². The number of halogens is 6. The van der Waals surface area contributed by atoms with Crippen LogP contribution in [0.25, 0.3) is 102 Å². The van der Waals surface area contributed by atoms with Gasteiger partial charge in [0.2, 0.25) is 0 Å². The Bertz CT molecular complexity index is 6030. The van der Waals surface area contributed by atoms with Crippen molar-refractivity contribution in [3.05, 3.63) is 220 Å². The maximum absolute atomic E-state index is 13.3. The number of thiazole rings is 3. The van der Waals surface area contributed by atoms with Gasteiger partial charge in [-0.3, -0.25) is 0 Å². The summed E-state index contributed by atoms with van der Waals surface area (Å²) in [6.07, 6.45) is 8.03. The lowest BCUT2D eigenvalue weighted by atomic mass is 9.91. The van der Waals surface area contributed by atoms with Crippen LogP contribution in [-0.4, -0.2) is 113 Å². The van der Waals surface area contributed by atoms with Crippen molar-refractivity contribution in [2.24, 2.45) is 0 Å². The lowest BCUT2D eigenvalue weighted by molar-refractivity contribution is -0.167. The first-order valence-electron chi connectivity index (χ1n) is 36.2. The van der Waals surface area contributed by atoms with E-state index in [1.807, 2.05) is 223 Å². The van der Waals surface area contributed by atoms with Crippen LogP contribution in [0.5, 0.6) is 0 Å². The van der Waals surface area contributed by atoms with E-state index in [2.05, 4.69) is 73.1 Å². The molecule has 0 aliphatic carbocycles. The summed E-state index contributed by atoms with van der Waals surface area (Å²) in [5.74, 6) is -1.25. The lowest BCUT2D eigenvalue weighted by Gasteiger charge is -2.29. The second kappa shape index (κ2) is 35.9. The van der Waals surface area contributed by atoms with Crippen LogP contribution in [0.3, 0.4) is 0 Å². The van der Waals surface area contributed by atoms with E-state index in [9.17, 15) is 14.4 Å². The fourth-order valence-corrected chi connectivity index (χ4v) is 17.4. The van der Waals surface area contributed by atoms with Gasteiger partial charge in [0.05, 0.1) is 90.3 Å². The highest BCUT2D eigenvalue weighted by Gasteiger charge is 2.37. The number of rotatable bonds is 17. The topological polar surface area (TPSA) is 236 Å². The van der Waals surface area contributed by atoms with Crippen molar-refractivity contribution in [1.29, 1.82) is 0 Å². The highest BCUT2D eigenvalue weighted by atomic mass is 79.9. The van der Waals surface area contributed by atoms with Gasteiger partial charge in [-0.1, -0.05) is 71.2 Å². The molecule has 15 rings (SSSR count). The molecule has 114 heavy (non-hydrogen) atoms. The van der Waals surface area contributed by atoms with Gasteiger partial charge in [-0.2, -0.15) is 15.3 Å². The van der Waals surface area contributed by atoms with E-state index in [1.165, 1.54) is 34.0 Å². The third-order valence-electron chi connectivity index (χ3n) is 17.1. The average molecular weight is 1840 g/mol. The van der Waals surface area contributed by atoms with Gasteiger partial charge in [0.25, 0.3) is 0 Å². The molecule has 0 amide bonds. The lowest BCUT2D eigenvalue weighted by Crippen LogP contribution is -2.29. The molecule has 30 heteroatoms. The van der Waals surface area contributed by atoms with E-state index >= 15 is 0 Å². The standard InChI is InChI=1S/C28H26BrClN4O3S.C28H27ClN4O3S.C22H23BrClNO3S.C6H4BrN3/c1-6-36-27(35)23(37-28(3,4)5)21-15(2)13-20-24(22(21)16-7-9-17(30)10-8-16)38-26(33-20)19-11-12-34-25(32-19)18(29)14-31-34;1-6-35-27(34)24(36-28(3,4)5)22-16(2)15-20-25(23(22)17-7-9-18(29)10-8-17)37-26(32-20)19-12-14-33-21(31-19)11-13-30-33;1-6-27-20(26)18(28-22(3,4)5)16-12(2)11-15-19(29-21(23)25-15)17(16)13-7-9-14(24)10-8-13;7-5-2-4-10-6(9-5)1-3-8-10/h7-14,23H,6H2,1-5H3;7-15,24H,6H2,1-5H3;7-11,18H,6H2,1-5H3;1-4H/t23-;24-;18-;/m000./s1. The van der Waals surface area contributed by atoms with Gasteiger partial charge < -0.3 is 28.4 Å². The summed E-state index contributed by atoms with van der Waals surface area (Å²) in [6, 6.07) is 38.1. The molecule has 0 fully saturated rings. The second-order valence-electron chi connectivity index (χ2n) is 29.0. The Morgan fingerprint density at radius 1 is 0.430 bits per heavy atom. The molecule has 21 nitrogen and oxygen atoms in total. The minimum atomic E-state index is -0.923. The Kier molecular flexibility index (Phi) is 26.7. The first-order chi connectivity index (χ1) is 54.2. The average Bonchev–Trinajstić information content (AvgIpc) is 1.54. The van der Waals surface area contributed by atoms with Gasteiger partial charge in [0, 0.05) is 79.2 Å². The van der Waals surface area contributed by atoms with Crippen molar-refractivity contribution < 1.29 is 42.8 Å². The van der Waals surface area contributed by atoms with Crippen LogP contribution >= 0.6 is 117 Å². The Balaban J connectivity index is 0.000000150. The van der Waals surface area contributed by atoms with E-state index in [4.69, 9.17) is 83.2 Å². The van der Waals surface area contributed by atoms with Crippen LogP contribution in [0, 0.1) is 20.8 Å². The molecule has 0 bridgehead atoms. The van der Waals surface area contributed by atoms with E-state index in [0.717, 1.165) is 143 Å². The molecule has 6 aromatic carbocycles. The number of hydrogen-bond donors (Lipinski definition) is 0. The van der Waals surface area contributed by atoms with Gasteiger partial charge in [-0.25, -0.2) is 57.8 Å². The molecule has 0 saturated carbocycles. The van der Waals surface area contributed by atoms with Crippen LogP contribution in [0.15, 0.2) is 172 Å². The van der Waals surface area contributed by atoms with E-state index in [0.29, 0.717) is 20.7 Å². The number of aryl methyl sites for hydroxylation is 3. The summed E-state index contributed by atoms with van der Waals surface area (Å²) >= 11 is 33.4. The molecule has 0 aliphatic rings. The predicted octanol–water partition coefficient (Wildman–Crippen LogP) is 23.5. The summed E-state index contributed by atoms with van der Waals surface area (Å²) in [5.41, 5.74) is 15.0. The zero-order valence-corrected chi connectivity index (χ0v) is 74.4. The number of esters is 3. The van der Waals surface area contributed by atoms with Crippen LogP contribution < -0.4 is 0 Å². The normalized spacial score (nSPS) is 12.6. The Morgan fingerprint density at radius 2 is 0.781 bits per heavy atom. The molecule has 590 valence electrons. The summed E-state index contributed by atoms with van der Waals surface area (Å²) in [5, 5.41) is 15.9. The van der Waals surface area contributed by atoms with Crippen molar-refractivity contribution in [1.82, 2.24) is 58.7 Å². The molecule has 3 atom stereocenters. The van der Waals surface area contributed by atoms with Crippen molar-refractivity contribution >= 4 is 182 Å². The van der Waals surface area contributed by atoms with E-state index in [1.54, 1.807) is 52.9 Å². The molecule has 0 N–H and O–H groups in total. The van der Waals surface area contributed by atoms with Crippen molar-refractivity contribution in [2.45, 2.75) is 139 Å². The maximum atomic E-state index is 13.3. The molecule has 0 unspecified atom stereocenters. The number of carbonyl (C=O) groups is 3. The van der Waals surface area contributed by atoms with Crippen LogP contribution in [0.2, 0.25) is 15.1 Å². The summed E-state index contributed by atoms with van der Waals surface area (Å²) < 4.78 is 45.6. The Hall–Kier alpha value is -8.55. The van der Waals surface area contributed by atoms with Crippen molar-refractivity contribution in [3.8, 4) is 54.8 Å². The van der Waals surface area contributed by atoms with Gasteiger partial charge in [0.1, 0.15) is 26.0 Å². The maximum Gasteiger partial charge on any atom is 0.339 e. The van der Waals surface area contributed by atoms with Crippen molar-refractivity contribution in [3.63, 3.8) is 0 Å². The summed E-state index contributed by atoms with van der Waals surface area (Å²) in [7, 11) is 0. The number of ether oxygens (including phenoxy) is 6. The van der Waals surface area contributed by atoms with Crippen LogP contribution in [0.4, 0.5) is 0 Å². The molecule has 0 spiro atoms. The minimum Gasteiger partial charge on any atom is -0.464 e. The molecule has 9 aromatic heterocycles. The molecule has 9 heterocycles. The fourth-order valence-electron chi connectivity index (χ4n) is 12.6. The van der Waals surface area contributed by atoms with Crippen LogP contribution in [0.1, 0.15) is 135 Å². The van der Waals surface area contributed by atoms with Gasteiger partial charge in [0.15, 0.2) is 39.2 Å². The summed E-state index contributed by atoms with van der Waals surface area (Å²) in [4.78, 5) is 67.7. The van der Waals surface area contributed by atoms with E-state index < -0.39 is 53.0 Å². The highest BCUT2D eigenvalue weighted by Crippen LogP contribution is 2.49. The molecular formula is C84H80Br3Cl3N12O9S3. The van der Waals surface area contributed by atoms with Crippen LogP contribution in [-0.2, 0) is 42.8 Å². The minimum absolute atomic E-state index is 0.253. The third kappa shape index (κ3) is 19.9. The van der Waals surface area contributed by atoms with Gasteiger partial charge in [-0.15, -0.1) is 34.0 Å². The zero-order valence-electron chi connectivity index (χ0n) is 64.9. The number of nitrogens with zero attached hydrogens (tertiary/aromatic N) is 12. The van der Waals surface area contributed by atoms with Gasteiger partial charge >= 0.3 is 17.9 Å². The first kappa shape index (κ1) is 84.8. The second-order valence-corrected chi connectivity index (χ2v) is 36.3. The highest BCUT2D eigenvalue weighted by molar-refractivity contribution is 9.11. The van der Waals surface area contributed by atoms with Gasteiger partial charge in [-0.05, 0) is 258 Å².